The monoisotopic (exact) mass is 249 g/mol. The summed E-state index contributed by atoms with van der Waals surface area (Å²) >= 11 is 0. The summed E-state index contributed by atoms with van der Waals surface area (Å²) in [6, 6.07) is 5.00. The number of carbonyl (C=O) groups is 1. The third kappa shape index (κ3) is 2.55. The molecule has 0 aliphatic carbocycles. The lowest BCUT2D eigenvalue weighted by Gasteiger charge is -2.35. The van der Waals surface area contributed by atoms with E-state index in [1.54, 1.807) is 12.1 Å². The van der Waals surface area contributed by atoms with Crippen LogP contribution < -0.4 is 0 Å². The van der Waals surface area contributed by atoms with Crippen LogP contribution in [0.2, 0.25) is 0 Å². The molecule has 1 aromatic rings. The van der Waals surface area contributed by atoms with Gasteiger partial charge in [0.05, 0.1) is 5.56 Å². The number of halogens is 1. The van der Waals surface area contributed by atoms with Gasteiger partial charge >= 0.3 is 0 Å². The molecule has 1 atom stereocenters. The minimum atomic E-state index is -0.411. The van der Waals surface area contributed by atoms with Gasteiger partial charge in [0.1, 0.15) is 5.82 Å². The van der Waals surface area contributed by atoms with Gasteiger partial charge in [-0.05, 0) is 44.7 Å². The number of nitrogens with zero attached hydrogens (tertiary/aromatic N) is 1. The van der Waals surface area contributed by atoms with E-state index in [4.69, 9.17) is 0 Å². The fourth-order valence-corrected chi connectivity index (χ4v) is 2.65. The lowest BCUT2D eigenvalue weighted by molar-refractivity contribution is 0.0603. The molecule has 1 aliphatic rings. The van der Waals surface area contributed by atoms with Gasteiger partial charge in [0, 0.05) is 12.6 Å². The summed E-state index contributed by atoms with van der Waals surface area (Å²) < 4.78 is 13.8. The van der Waals surface area contributed by atoms with Crippen molar-refractivity contribution in [2.75, 3.05) is 6.54 Å². The van der Waals surface area contributed by atoms with Gasteiger partial charge < -0.3 is 4.90 Å². The second-order valence-corrected chi connectivity index (χ2v) is 5.04. The van der Waals surface area contributed by atoms with Gasteiger partial charge in [-0.1, -0.05) is 18.6 Å². The molecule has 98 valence electrons. The molecule has 1 aliphatic heterocycles. The lowest BCUT2D eigenvalue weighted by atomic mass is 9.98. The standard InChI is InChI=1S/C15H20FNO/c1-3-12-6-4-5-9-17(12)15(18)13-10-11(2)7-8-14(13)16/h7-8,10,12H,3-6,9H2,1-2H3. The predicted octanol–water partition coefficient (Wildman–Crippen LogP) is 3.54. The van der Waals surface area contributed by atoms with Gasteiger partial charge in [0.2, 0.25) is 0 Å². The molecule has 1 fully saturated rings. The van der Waals surface area contributed by atoms with Crippen molar-refractivity contribution in [2.24, 2.45) is 0 Å². The molecule has 1 saturated heterocycles. The molecule has 0 aromatic heterocycles. The minimum absolute atomic E-state index is 0.150. The molecule has 1 heterocycles. The minimum Gasteiger partial charge on any atom is -0.336 e. The van der Waals surface area contributed by atoms with Gasteiger partial charge in [-0.2, -0.15) is 0 Å². The molecule has 2 rings (SSSR count). The molecule has 1 aromatic carbocycles. The van der Waals surface area contributed by atoms with E-state index in [-0.39, 0.29) is 17.5 Å². The molecule has 0 spiro atoms. The number of amides is 1. The number of hydrogen-bond donors (Lipinski definition) is 0. The van der Waals surface area contributed by atoms with Crippen LogP contribution in [-0.4, -0.2) is 23.4 Å². The predicted molar refractivity (Wildman–Crippen MR) is 70.1 cm³/mol. The Labute approximate surface area is 108 Å². The summed E-state index contributed by atoms with van der Waals surface area (Å²) in [5, 5.41) is 0. The van der Waals surface area contributed by atoms with Gasteiger partial charge in [-0.3, -0.25) is 4.79 Å². The first kappa shape index (κ1) is 13.1. The number of hydrogen-bond acceptors (Lipinski definition) is 1. The molecule has 2 nitrogen and oxygen atoms in total. The first-order valence-electron chi connectivity index (χ1n) is 6.70. The Kier molecular flexibility index (Phi) is 4.00. The van der Waals surface area contributed by atoms with Crippen LogP contribution in [0.15, 0.2) is 18.2 Å². The maximum absolute atomic E-state index is 13.8. The first-order valence-corrected chi connectivity index (χ1v) is 6.70. The number of aryl methyl sites for hydroxylation is 1. The number of likely N-dealkylation sites (tertiary alicyclic amines) is 1. The van der Waals surface area contributed by atoms with Crippen molar-refractivity contribution in [3.63, 3.8) is 0 Å². The molecule has 1 amide bonds. The van der Waals surface area contributed by atoms with Gasteiger partial charge in [-0.15, -0.1) is 0 Å². The van der Waals surface area contributed by atoms with Crippen LogP contribution in [0, 0.1) is 12.7 Å². The van der Waals surface area contributed by atoms with E-state index in [9.17, 15) is 9.18 Å². The van der Waals surface area contributed by atoms with Crippen LogP contribution in [0.1, 0.15) is 48.5 Å². The number of rotatable bonds is 2. The summed E-state index contributed by atoms with van der Waals surface area (Å²) in [5.41, 5.74) is 1.14. The van der Waals surface area contributed by atoms with Crippen LogP contribution >= 0.6 is 0 Å². The van der Waals surface area contributed by atoms with Crippen molar-refractivity contribution in [1.29, 1.82) is 0 Å². The average Bonchev–Trinajstić information content (AvgIpc) is 2.40. The maximum Gasteiger partial charge on any atom is 0.257 e. The third-order valence-corrected chi connectivity index (χ3v) is 3.71. The Morgan fingerprint density at radius 3 is 2.94 bits per heavy atom. The molecule has 0 radical (unpaired) electrons. The Hall–Kier alpha value is -1.38. The highest BCUT2D eigenvalue weighted by Crippen LogP contribution is 2.23. The summed E-state index contributed by atoms with van der Waals surface area (Å²) in [5.74, 6) is -0.561. The van der Waals surface area contributed by atoms with E-state index < -0.39 is 5.82 Å². The molecular weight excluding hydrogens is 229 g/mol. The number of piperidine rings is 1. The zero-order valence-electron chi connectivity index (χ0n) is 11.1. The van der Waals surface area contributed by atoms with Crippen LogP contribution in [0.5, 0.6) is 0 Å². The SMILES string of the molecule is CCC1CCCCN1C(=O)c1cc(C)ccc1F. The highest BCUT2D eigenvalue weighted by atomic mass is 19.1. The van der Waals surface area contributed by atoms with Crippen molar-refractivity contribution in [1.82, 2.24) is 4.90 Å². The van der Waals surface area contributed by atoms with E-state index >= 15 is 0 Å². The summed E-state index contributed by atoms with van der Waals surface area (Å²) in [6.45, 7) is 4.72. The first-order chi connectivity index (χ1) is 8.63. The van der Waals surface area contributed by atoms with Gasteiger partial charge in [0.15, 0.2) is 0 Å². The Bertz CT molecular complexity index is 444. The zero-order chi connectivity index (χ0) is 13.1. The molecule has 1 unspecified atom stereocenters. The maximum atomic E-state index is 13.8. The van der Waals surface area contributed by atoms with Crippen LogP contribution in [0.3, 0.4) is 0 Å². The highest BCUT2D eigenvalue weighted by Gasteiger charge is 2.27. The van der Waals surface area contributed by atoms with E-state index in [1.165, 1.54) is 12.5 Å². The average molecular weight is 249 g/mol. The normalized spacial score (nSPS) is 19.9. The van der Waals surface area contributed by atoms with Crippen molar-refractivity contribution < 1.29 is 9.18 Å². The summed E-state index contributed by atoms with van der Waals surface area (Å²) in [7, 11) is 0. The molecular formula is C15H20FNO. The highest BCUT2D eigenvalue weighted by molar-refractivity contribution is 5.95. The second kappa shape index (κ2) is 5.51. The smallest absolute Gasteiger partial charge is 0.257 e. The summed E-state index contributed by atoms with van der Waals surface area (Å²) in [6.07, 6.45) is 4.17. The Morgan fingerprint density at radius 2 is 2.22 bits per heavy atom. The fraction of sp³-hybridized carbons (Fsp3) is 0.533. The summed E-state index contributed by atoms with van der Waals surface area (Å²) in [4.78, 5) is 14.3. The quantitative estimate of drug-likeness (QED) is 0.785. The largest absolute Gasteiger partial charge is 0.336 e. The van der Waals surface area contributed by atoms with Crippen molar-refractivity contribution in [2.45, 2.75) is 45.6 Å². The van der Waals surface area contributed by atoms with E-state index in [1.807, 2.05) is 11.8 Å². The fourth-order valence-electron chi connectivity index (χ4n) is 2.65. The van der Waals surface area contributed by atoms with Crippen molar-refractivity contribution in [3.8, 4) is 0 Å². The molecule has 0 N–H and O–H groups in total. The number of benzene rings is 1. The van der Waals surface area contributed by atoms with Crippen molar-refractivity contribution in [3.05, 3.63) is 35.1 Å². The van der Waals surface area contributed by atoms with Crippen LogP contribution in [-0.2, 0) is 0 Å². The van der Waals surface area contributed by atoms with Crippen LogP contribution in [0.4, 0.5) is 4.39 Å². The van der Waals surface area contributed by atoms with Gasteiger partial charge in [-0.25, -0.2) is 4.39 Å². The Morgan fingerprint density at radius 1 is 1.44 bits per heavy atom. The zero-order valence-corrected chi connectivity index (χ0v) is 11.1. The molecule has 0 saturated carbocycles. The van der Waals surface area contributed by atoms with E-state index in [0.717, 1.165) is 31.4 Å². The van der Waals surface area contributed by atoms with Crippen molar-refractivity contribution >= 4 is 5.91 Å². The molecule has 0 bridgehead atoms. The molecule has 18 heavy (non-hydrogen) atoms. The lowest BCUT2D eigenvalue weighted by Crippen LogP contribution is -2.43. The van der Waals surface area contributed by atoms with E-state index in [0.29, 0.717) is 0 Å². The topological polar surface area (TPSA) is 20.3 Å². The Balaban J connectivity index is 2.26. The second-order valence-electron chi connectivity index (χ2n) is 5.04. The molecule has 3 heteroatoms. The number of carbonyl (C=O) groups excluding carboxylic acids is 1. The van der Waals surface area contributed by atoms with E-state index in [2.05, 4.69) is 6.92 Å². The van der Waals surface area contributed by atoms with Crippen LogP contribution in [0.25, 0.3) is 0 Å². The third-order valence-electron chi connectivity index (χ3n) is 3.71. The van der Waals surface area contributed by atoms with Gasteiger partial charge in [0.25, 0.3) is 5.91 Å².